The molecule has 0 saturated heterocycles. The van der Waals surface area contributed by atoms with Crippen molar-refractivity contribution in [1.82, 2.24) is 10.1 Å². The molecule has 4 nitrogen and oxygen atoms in total. The van der Waals surface area contributed by atoms with E-state index in [0.717, 1.165) is 49.2 Å². The highest BCUT2D eigenvalue weighted by atomic mass is 16.5. The van der Waals surface area contributed by atoms with E-state index >= 15 is 0 Å². The fraction of sp³-hybridized carbons (Fsp3) is 0.727. The molecule has 1 aromatic rings. The molecule has 6 atom stereocenters. The maximum atomic E-state index is 10.1. The minimum absolute atomic E-state index is 0.125. The van der Waals surface area contributed by atoms with Crippen molar-refractivity contribution < 1.29 is 9.63 Å². The Labute approximate surface area is 155 Å². The normalized spacial score (nSPS) is 44.6. The fourth-order valence-electron chi connectivity index (χ4n) is 6.95. The van der Waals surface area contributed by atoms with Gasteiger partial charge in [0.05, 0.1) is 6.10 Å². The summed E-state index contributed by atoms with van der Waals surface area (Å²) in [5.41, 5.74) is 3.30. The minimum Gasteiger partial charge on any atom is -0.393 e. The Bertz CT molecular complexity index is 794. The van der Waals surface area contributed by atoms with Crippen molar-refractivity contribution in [2.75, 3.05) is 0 Å². The van der Waals surface area contributed by atoms with Crippen molar-refractivity contribution in [3.63, 3.8) is 0 Å². The number of aryl methyl sites for hydroxylation is 1. The quantitative estimate of drug-likeness (QED) is 0.743. The Hall–Kier alpha value is -1.42. The molecular formula is C22H30N2O2. The van der Waals surface area contributed by atoms with Crippen molar-refractivity contribution in [3.8, 4) is 0 Å². The Morgan fingerprint density at radius 2 is 1.88 bits per heavy atom. The van der Waals surface area contributed by atoms with Gasteiger partial charge in [0.15, 0.2) is 5.82 Å². The van der Waals surface area contributed by atoms with E-state index in [4.69, 9.17) is 4.52 Å². The van der Waals surface area contributed by atoms with Crippen molar-refractivity contribution >= 4 is 5.57 Å². The maximum Gasteiger partial charge on any atom is 0.254 e. The smallest absolute Gasteiger partial charge is 0.254 e. The van der Waals surface area contributed by atoms with Gasteiger partial charge in [0.1, 0.15) is 0 Å². The first kappa shape index (κ1) is 16.7. The standard InChI is InChI=1S/C22H30N2O2/c1-13-23-20(26-24-13)19-7-6-17-16-5-4-14-12-15(25)8-10-21(14,2)18(16)9-11-22(17,19)3/h4,7,15-18,25H,5-6,8-12H2,1-3H3/t15-,16-,17-,18-,21-,22-/m0/s1. The molecule has 1 aromatic heterocycles. The highest BCUT2D eigenvalue weighted by Crippen LogP contribution is 2.66. The second kappa shape index (κ2) is 5.54. The first-order valence-electron chi connectivity index (χ1n) is 10.3. The molecule has 2 saturated carbocycles. The number of allylic oxidation sites excluding steroid dienone is 3. The Kier molecular flexibility index (Phi) is 3.57. The van der Waals surface area contributed by atoms with Gasteiger partial charge < -0.3 is 9.63 Å². The first-order valence-corrected chi connectivity index (χ1v) is 10.3. The Morgan fingerprint density at radius 3 is 2.65 bits per heavy atom. The molecule has 0 aliphatic heterocycles. The summed E-state index contributed by atoms with van der Waals surface area (Å²) in [6, 6.07) is 0. The van der Waals surface area contributed by atoms with Crippen LogP contribution in [0.25, 0.3) is 5.57 Å². The first-order chi connectivity index (χ1) is 12.4. The van der Waals surface area contributed by atoms with Gasteiger partial charge in [-0.25, -0.2) is 0 Å². The molecule has 2 fully saturated rings. The molecular weight excluding hydrogens is 324 g/mol. The van der Waals surface area contributed by atoms with Crippen molar-refractivity contribution in [2.24, 2.45) is 28.6 Å². The number of hydrogen-bond acceptors (Lipinski definition) is 4. The van der Waals surface area contributed by atoms with Crippen molar-refractivity contribution in [2.45, 2.75) is 71.8 Å². The lowest BCUT2D eigenvalue weighted by molar-refractivity contribution is -0.0242. The molecule has 0 amide bonds. The van der Waals surface area contributed by atoms with E-state index in [-0.39, 0.29) is 11.5 Å². The summed E-state index contributed by atoms with van der Waals surface area (Å²) in [4.78, 5) is 4.53. The average molecular weight is 354 g/mol. The topological polar surface area (TPSA) is 59.2 Å². The zero-order chi connectivity index (χ0) is 18.1. The third kappa shape index (κ3) is 2.17. The van der Waals surface area contributed by atoms with Gasteiger partial charge in [-0.15, -0.1) is 0 Å². The van der Waals surface area contributed by atoms with Crippen LogP contribution < -0.4 is 0 Å². The monoisotopic (exact) mass is 354 g/mol. The number of aliphatic hydroxyl groups excluding tert-OH is 1. The minimum atomic E-state index is -0.125. The summed E-state index contributed by atoms with van der Waals surface area (Å²) in [5, 5.41) is 14.2. The van der Waals surface area contributed by atoms with E-state index in [2.05, 4.69) is 36.1 Å². The lowest BCUT2D eigenvalue weighted by atomic mass is 9.47. The van der Waals surface area contributed by atoms with Gasteiger partial charge >= 0.3 is 0 Å². The van der Waals surface area contributed by atoms with Gasteiger partial charge in [-0.05, 0) is 75.0 Å². The van der Waals surface area contributed by atoms with Crippen LogP contribution in [0.4, 0.5) is 0 Å². The van der Waals surface area contributed by atoms with Gasteiger partial charge in [-0.1, -0.05) is 36.7 Å². The summed E-state index contributed by atoms with van der Waals surface area (Å²) < 4.78 is 5.55. The van der Waals surface area contributed by atoms with Gasteiger partial charge in [-0.3, -0.25) is 0 Å². The molecule has 140 valence electrons. The van der Waals surface area contributed by atoms with Gasteiger partial charge in [0.2, 0.25) is 0 Å². The van der Waals surface area contributed by atoms with Gasteiger partial charge in [-0.2, -0.15) is 4.98 Å². The predicted molar refractivity (Wildman–Crippen MR) is 100 cm³/mol. The lowest BCUT2D eigenvalue weighted by Crippen LogP contribution is -2.49. The second-order valence-corrected chi connectivity index (χ2v) is 9.61. The van der Waals surface area contributed by atoms with Gasteiger partial charge in [0.25, 0.3) is 5.89 Å². The fourth-order valence-corrected chi connectivity index (χ4v) is 6.95. The number of hydrogen-bond donors (Lipinski definition) is 1. The third-order valence-electron chi connectivity index (χ3n) is 8.42. The van der Waals surface area contributed by atoms with Crippen LogP contribution >= 0.6 is 0 Å². The van der Waals surface area contributed by atoms with E-state index in [1.54, 1.807) is 5.57 Å². The number of nitrogens with zero attached hydrogens (tertiary/aromatic N) is 2. The molecule has 1 N–H and O–H groups in total. The Balaban J connectivity index is 1.47. The van der Waals surface area contributed by atoms with Crippen molar-refractivity contribution in [1.29, 1.82) is 0 Å². The number of fused-ring (bicyclic) bond motifs is 5. The molecule has 0 bridgehead atoms. The summed E-state index contributed by atoms with van der Waals surface area (Å²) >= 11 is 0. The van der Waals surface area contributed by atoms with Crippen molar-refractivity contribution in [3.05, 3.63) is 29.4 Å². The van der Waals surface area contributed by atoms with E-state index < -0.39 is 0 Å². The van der Waals surface area contributed by atoms with Crippen LogP contribution in [-0.4, -0.2) is 21.4 Å². The Morgan fingerprint density at radius 1 is 1.08 bits per heavy atom. The molecule has 5 rings (SSSR count). The van der Waals surface area contributed by atoms with Crippen LogP contribution in [0.1, 0.15) is 70.5 Å². The van der Waals surface area contributed by atoms with E-state index in [9.17, 15) is 5.11 Å². The zero-order valence-electron chi connectivity index (χ0n) is 16.2. The van der Waals surface area contributed by atoms with Gasteiger partial charge in [0, 0.05) is 11.0 Å². The zero-order valence-corrected chi connectivity index (χ0v) is 16.2. The molecule has 4 heteroatoms. The predicted octanol–water partition coefficient (Wildman–Crippen LogP) is 4.70. The molecule has 4 aliphatic rings. The molecule has 4 aliphatic carbocycles. The molecule has 0 aromatic carbocycles. The van der Waals surface area contributed by atoms with E-state index in [1.165, 1.54) is 24.8 Å². The molecule has 26 heavy (non-hydrogen) atoms. The van der Waals surface area contributed by atoms with E-state index in [0.29, 0.717) is 11.3 Å². The molecule has 0 unspecified atom stereocenters. The number of aliphatic hydroxyl groups is 1. The van der Waals surface area contributed by atoms with Crippen LogP contribution in [0.15, 0.2) is 22.2 Å². The number of rotatable bonds is 1. The van der Waals surface area contributed by atoms with Crippen LogP contribution in [0.2, 0.25) is 0 Å². The van der Waals surface area contributed by atoms with E-state index in [1.807, 2.05) is 6.92 Å². The molecule has 1 heterocycles. The number of aromatic nitrogens is 2. The SMILES string of the molecule is Cc1noc(C2=CC[C@H]3[C@@H]4CC=C5C[C@@H](O)CC[C@]5(C)[C@H]4CC[C@]23C)n1. The molecule has 0 radical (unpaired) electrons. The summed E-state index contributed by atoms with van der Waals surface area (Å²) in [6.45, 7) is 6.80. The van der Waals surface area contributed by atoms with Crippen LogP contribution in [-0.2, 0) is 0 Å². The highest BCUT2D eigenvalue weighted by Gasteiger charge is 2.57. The highest BCUT2D eigenvalue weighted by molar-refractivity contribution is 5.67. The largest absolute Gasteiger partial charge is 0.393 e. The summed E-state index contributed by atoms with van der Waals surface area (Å²) in [6.07, 6.45) is 12.5. The average Bonchev–Trinajstić information content (AvgIpc) is 3.18. The lowest BCUT2D eigenvalue weighted by Gasteiger charge is -2.57. The maximum absolute atomic E-state index is 10.1. The third-order valence-corrected chi connectivity index (χ3v) is 8.42. The summed E-state index contributed by atoms with van der Waals surface area (Å²) in [7, 11) is 0. The van der Waals surface area contributed by atoms with Crippen LogP contribution in [0.3, 0.4) is 0 Å². The van der Waals surface area contributed by atoms with Crippen LogP contribution in [0.5, 0.6) is 0 Å². The molecule has 0 spiro atoms. The summed E-state index contributed by atoms with van der Waals surface area (Å²) in [5.74, 6) is 3.62. The second-order valence-electron chi connectivity index (χ2n) is 9.61. The van der Waals surface area contributed by atoms with Crippen LogP contribution in [0, 0.1) is 35.5 Å².